The molecule has 1 aromatic carbocycles. The van der Waals surface area contributed by atoms with Crippen LogP contribution < -0.4 is 5.32 Å². The minimum atomic E-state index is -1.02. The third kappa shape index (κ3) is 4.55. The Morgan fingerprint density at radius 3 is 2.38 bits per heavy atom. The maximum absolute atomic E-state index is 12.9. The molecular formula is C16H22FNO3. The van der Waals surface area contributed by atoms with Gasteiger partial charge in [-0.15, -0.1) is 0 Å². The van der Waals surface area contributed by atoms with Gasteiger partial charge in [0.2, 0.25) is 5.91 Å². The summed E-state index contributed by atoms with van der Waals surface area (Å²) in [5, 5.41) is 2.72. The van der Waals surface area contributed by atoms with Gasteiger partial charge in [0.15, 0.2) is 0 Å². The minimum absolute atomic E-state index is 0.0654. The van der Waals surface area contributed by atoms with Crippen LogP contribution >= 0.6 is 0 Å². The summed E-state index contributed by atoms with van der Waals surface area (Å²) >= 11 is 0. The molecule has 0 heterocycles. The molecule has 0 aromatic heterocycles. The molecule has 0 radical (unpaired) electrons. The summed E-state index contributed by atoms with van der Waals surface area (Å²) in [4.78, 5) is 23.8. The highest BCUT2D eigenvalue weighted by Crippen LogP contribution is 2.20. The van der Waals surface area contributed by atoms with Gasteiger partial charge in [0, 0.05) is 6.42 Å². The fraction of sp³-hybridized carbons (Fsp3) is 0.500. The van der Waals surface area contributed by atoms with Crippen LogP contribution in [0.1, 0.15) is 45.1 Å². The van der Waals surface area contributed by atoms with E-state index < -0.39 is 11.5 Å². The number of rotatable bonds is 6. The maximum atomic E-state index is 12.9. The summed E-state index contributed by atoms with van der Waals surface area (Å²) in [5.74, 6) is -1.07. The summed E-state index contributed by atoms with van der Waals surface area (Å²) in [5.41, 5.74) is -0.142. The van der Waals surface area contributed by atoms with Crippen LogP contribution in [0.3, 0.4) is 0 Å². The van der Waals surface area contributed by atoms with E-state index in [0.717, 1.165) is 5.56 Å². The number of carbonyl (C=O) groups excluding carboxylic acids is 2. The van der Waals surface area contributed by atoms with Crippen LogP contribution in [0.2, 0.25) is 0 Å². The van der Waals surface area contributed by atoms with Crippen molar-refractivity contribution in [3.8, 4) is 0 Å². The molecule has 21 heavy (non-hydrogen) atoms. The van der Waals surface area contributed by atoms with Crippen LogP contribution in [0.25, 0.3) is 0 Å². The van der Waals surface area contributed by atoms with Crippen molar-refractivity contribution >= 4 is 11.9 Å². The summed E-state index contributed by atoms with van der Waals surface area (Å²) in [6.45, 7) is 5.33. The van der Waals surface area contributed by atoms with E-state index in [1.165, 1.54) is 19.2 Å². The number of amides is 1. The molecule has 4 nitrogen and oxygen atoms in total. The van der Waals surface area contributed by atoms with Gasteiger partial charge in [-0.1, -0.05) is 26.0 Å². The van der Waals surface area contributed by atoms with Crippen molar-refractivity contribution in [2.75, 3.05) is 7.11 Å². The topological polar surface area (TPSA) is 55.4 Å². The van der Waals surface area contributed by atoms with Gasteiger partial charge >= 0.3 is 5.97 Å². The molecule has 0 aliphatic heterocycles. The Bertz CT molecular complexity index is 501. The van der Waals surface area contributed by atoms with Gasteiger partial charge in [-0.3, -0.25) is 4.79 Å². The van der Waals surface area contributed by atoms with Crippen molar-refractivity contribution in [3.63, 3.8) is 0 Å². The van der Waals surface area contributed by atoms with E-state index in [2.05, 4.69) is 5.32 Å². The number of nitrogens with one attached hydrogen (secondary N) is 1. The third-order valence-electron chi connectivity index (χ3n) is 3.69. The smallest absolute Gasteiger partial charge is 0.331 e. The van der Waals surface area contributed by atoms with Gasteiger partial charge in [-0.25, -0.2) is 9.18 Å². The van der Waals surface area contributed by atoms with Crippen LogP contribution in [0, 0.1) is 5.82 Å². The second kappa shape index (κ2) is 7.20. The van der Waals surface area contributed by atoms with Gasteiger partial charge in [0.25, 0.3) is 0 Å². The largest absolute Gasteiger partial charge is 0.467 e. The summed E-state index contributed by atoms with van der Waals surface area (Å²) in [7, 11) is 1.30. The molecule has 0 unspecified atom stereocenters. The first-order valence-electron chi connectivity index (χ1n) is 6.97. The molecule has 0 spiro atoms. The molecule has 1 rings (SSSR count). The molecule has 0 fully saturated rings. The first kappa shape index (κ1) is 17.1. The number of hydrogen-bond acceptors (Lipinski definition) is 3. The van der Waals surface area contributed by atoms with Gasteiger partial charge in [0.1, 0.15) is 11.4 Å². The minimum Gasteiger partial charge on any atom is -0.467 e. The zero-order chi connectivity index (χ0) is 16.0. The number of carbonyl (C=O) groups is 2. The molecule has 1 N–H and O–H groups in total. The molecule has 1 amide bonds. The third-order valence-corrected chi connectivity index (χ3v) is 3.69. The fourth-order valence-corrected chi connectivity index (χ4v) is 2.06. The number of hydrogen-bond donors (Lipinski definition) is 1. The van der Waals surface area contributed by atoms with E-state index in [-0.39, 0.29) is 24.1 Å². The van der Waals surface area contributed by atoms with Crippen LogP contribution in [0.5, 0.6) is 0 Å². The quantitative estimate of drug-likeness (QED) is 0.821. The molecule has 116 valence electrons. The molecule has 0 bridgehead atoms. The van der Waals surface area contributed by atoms with Gasteiger partial charge < -0.3 is 10.1 Å². The highest BCUT2D eigenvalue weighted by atomic mass is 19.1. The van der Waals surface area contributed by atoms with E-state index in [1.54, 1.807) is 26.0 Å². The number of esters is 1. The number of benzene rings is 1. The maximum Gasteiger partial charge on any atom is 0.331 e. The zero-order valence-corrected chi connectivity index (χ0v) is 12.9. The van der Waals surface area contributed by atoms with Crippen LogP contribution in [0.15, 0.2) is 24.3 Å². The normalized spacial score (nSPS) is 14.9. The standard InChI is InChI=1S/C16H22FNO3/c1-5-16(3,15(20)21-4)18-14(19)10-11(2)12-6-8-13(17)9-7-12/h6-9,11H,5,10H2,1-4H3,(H,18,19)/t11-,16+/m1/s1. The Labute approximate surface area is 124 Å². The SMILES string of the molecule is CC[C@](C)(NC(=O)C[C@@H](C)c1ccc(F)cc1)C(=O)OC. The van der Waals surface area contributed by atoms with Crippen molar-refractivity contribution in [2.45, 2.75) is 45.1 Å². The van der Waals surface area contributed by atoms with Crippen LogP contribution in [-0.2, 0) is 14.3 Å². The summed E-state index contributed by atoms with van der Waals surface area (Å²) in [6, 6.07) is 6.06. The first-order chi connectivity index (χ1) is 9.82. The molecule has 0 aliphatic carbocycles. The highest BCUT2D eigenvalue weighted by Gasteiger charge is 2.34. The van der Waals surface area contributed by atoms with Crippen molar-refractivity contribution in [1.82, 2.24) is 5.32 Å². The lowest BCUT2D eigenvalue weighted by Gasteiger charge is -2.27. The van der Waals surface area contributed by atoms with E-state index in [1.807, 2.05) is 6.92 Å². The van der Waals surface area contributed by atoms with E-state index in [9.17, 15) is 14.0 Å². The van der Waals surface area contributed by atoms with E-state index in [0.29, 0.717) is 6.42 Å². The predicted molar refractivity (Wildman–Crippen MR) is 78.3 cm³/mol. The molecule has 0 saturated carbocycles. The molecular weight excluding hydrogens is 273 g/mol. The van der Waals surface area contributed by atoms with Crippen LogP contribution in [-0.4, -0.2) is 24.5 Å². The van der Waals surface area contributed by atoms with Gasteiger partial charge in [-0.2, -0.15) is 0 Å². The molecule has 1 aromatic rings. The summed E-state index contributed by atoms with van der Waals surface area (Å²) in [6.07, 6.45) is 0.661. The van der Waals surface area contributed by atoms with Crippen molar-refractivity contribution < 1.29 is 18.7 Å². The van der Waals surface area contributed by atoms with E-state index >= 15 is 0 Å². The van der Waals surface area contributed by atoms with Crippen LogP contribution in [0.4, 0.5) is 4.39 Å². The Morgan fingerprint density at radius 2 is 1.90 bits per heavy atom. The fourth-order valence-electron chi connectivity index (χ4n) is 2.06. The number of halogens is 1. The second-order valence-electron chi connectivity index (χ2n) is 5.38. The zero-order valence-electron chi connectivity index (χ0n) is 12.9. The van der Waals surface area contributed by atoms with Crippen molar-refractivity contribution in [3.05, 3.63) is 35.6 Å². The number of methoxy groups -OCH3 is 1. The molecule has 2 atom stereocenters. The second-order valence-corrected chi connectivity index (χ2v) is 5.38. The Morgan fingerprint density at radius 1 is 1.33 bits per heavy atom. The average molecular weight is 295 g/mol. The Hall–Kier alpha value is -1.91. The first-order valence-corrected chi connectivity index (χ1v) is 6.97. The lowest BCUT2D eigenvalue weighted by Crippen LogP contribution is -2.52. The van der Waals surface area contributed by atoms with Crippen molar-refractivity contribution in [2.24, 2.45) is 0 Å². The van der Waals surface area contributed by atoms with Crippen molar-refractivity contribution in [1.29, 1.82) is 0 Å². The molecule has 0 aliphatic rings. The Kier molecular flexibility index (Phi) is 5.88. The van der Waals surface area contributed by atoms with Gasteiger partial charge in [0.05, 0.1) is 7.11 Å². The van der Waals surface area contributed by atoms with E-state index in [4.69, 9.17) is 4.74 Å². The predicted octanol–water partition coefficient (Wildman–Crippen LogP) is 2.78. The highest BCUT2D eigenvalue weighted by molar-refractivity contribution is 5.87. The number of ether oxygens (including phenoxy) is 1. The monoisotopic (exact) mass is 295 g/mol. The summed E-state index contributed by atoms with van der Waals surface area (Å²) < 4.78 is 17.6. The molecule has 5 heteroatoms. The lowest BCUT2D eigenvalue weighted by atomic mass is 9.95. The van der Waals surface area contributed by atoms with Gasteiger partial charge in [-0.05, 0) is 37.0 Å². The Balaban J connectivity index is 2.68. The molecule has 0 saturated heterocycles. The lowest BCUT2D eigenvalue weighted by molar-refractivity contribution is -0.150. The average Bonchev–Trinajstić information content (AvgIpc) is 2.46.